The van der Waals surface area contributed by atoms with Gasteiger partial charge in [-0.15, -0.1) is 0 Å². The summed E-state index contributed by atoms with van der Waals surface area (Å²) in [6, 6.07) is 9.58. The van der Waals surface area contributed by atoms with Crippen LogP contribution in [0, 0.1) is 11.2 Å². The molecule has 1 heterocycles. The molecule has 4 N–H and O–H groups in total. The summed E-state index contributed by atoms with van der Waals surface area (Å²) in [7, 11) is 0. The lowest BCUT2D eigenvalue weighted by Gasteiger charge is -2.43. The minimum Gasteiger partial charge on any atom is -0.506 e. The fraction of sp³-hybridized carbons (Fsp3) is 0.400. The van der Waals surface area contributed by atoms with Crippen LogP contribution in [-0.4, -0.2) is 27.9 Å². The summed E-state index contributed by atoms with van der Waals surface area (Å²) in [6.07, 6.45) is 2.57. The fourth-order valence-corrected chi connectivity index (χ4v) is 3.75. The van der Waals surface area contributed by atoms with E-state index in [0.717, 1.165) is 0 Å². The second kappa shape index (κ2) is 7.52. The van der Waals surface area contributed by atoms with E-state index < -0.39 is 17.1 Å². The average molecular weight is 374 g/mol. The van der Waals surface area contributed by atoms with Crippen LogP contribution in [0.5, 0.6) is 5.75 Å². The molecule has 1 saturated carbocycles. The van der Waals surface area contributed by atoms with Gasteiger partial charge in [-0.25, -0.2) is 9.18 Å². The van der Waals surface area contributed by atoms with Crippen molar-refractivity contribution < 1.29 is 24.1 Å². The van der Waals surface area contributed by atoms with Crippen LogP contribution in [0.15, 0.2) is 42.6 Å². The number of aromatic nitrogens is 1. The number of ether oxygens (including phenoxy) is 1. The zero-order chi connectivity index (χ0) is 19.5. The number of carbonyl (C=O) groups excluding carboxylic acids is 1. The molecule has 1 aromatic heterocycles. The normalized spacial score (nSPS) is 25.1. The number of aromatic hydroxyl groups is 1. The van der Waals surface area contributed by atoms with Gasteiger partial charge in [0.15, 0.2) is 0 Å². The summed E-state index contributed by atoms with van der Waals surface area (Å²) < 4.78 is 19.2. The first-order valence-electron chi connectivity index (χ1n) is 8.86. The number of nitrogens with zero attached hydrogens (tertiary/aromatic N) is 1. The molecule has 0 saturated heterocycles. The Morgan fingerprint density at radius 2 is 1.89 bits per heavy atom. The van der Waals surface area contributed by atoms with Crippen LogP contribution in [-0.2, 0) is 16.8 Å². The number of primary amides is 1. The molecule has 1 aliphatic carbocycles. The Morgan fingerprint density at radius 1 is 1.19 bits per heavy atom. The molecule has 0 bridgehead atoms. The van der Waals surface area contributed by atoms with Crippen molar-refractivity contribution in [2.45, 2.75) is 37.7 Å². The molecular formula is C20H23FN2O4. The largest absolute Gasteiger partial charge is 0.506 e. The van der Waals surface area contributed by atoms with Gasteiger partial charge in [-0.05, 0) is 55.9 Å². The maximum absolute atomic E-state index is 14.2. The summed E-state index contributed by atoms with van der Waals surface area (Å²) >= 11 is 0. The van der Waals surface area contributed by atoms with Crippen molar-refractivity contribution in [3.8, 4) is 5.75 Å². The van der Waals surface area contributed by atoms with Crippen LogP contribution in [0.25, 0.3) is 0 Å². The minimum absolute atomic E-state index is 0.0296. The number of pyridine rings is 1. The van der Waals surface area contributed by atoms with E-state index >= 15 is 0 Å². The number of halogens is 1. The van der Waals surface area contributed by atoms with E-state index in [0.29, 0.717) is 43.4 Å². The van der Waals surface area contributed by atoms with Crippen molar-refractivity contribution in [1.29, 1.82) is 0 Å². The van der Waals surface area contributed by atoms with Gasteiger partial charge in [0, 0.05) is 5.41 Å². The highest BCUT2D eigenvalue weighted by Gasteiger charge is 2.44. The van der Waals surface area contributed by atoms with Crippen LogP contribution >= 0.6 is 0 Å². The van der Waals surface area contributed by atoms with Crippen molar-refractivity contribution in [2.75, 3.05) is 6.61 Å². The molecule has 1 aliphatic rings. The van der Waals surface area contributed by atoms with Gasteiger partial charge in [0.1, 0.15) is 17.2 Å². The molecular weight excluding hydrogens is 351 g/mol. The molecule has 3 rings (SSSR count). The van der Waals surface area contributed by atoms with E-state index in [4.69, 9.17) is 10.5 Å². The van der Waals surface area contributed by atoms with Gasteiger partial charge in [-0.1, -0.05) is 18.2 Å². The molecule has 1 fully saturated rings. The van der Waals surface area contributed by atoms with Gasteiger partial charge in [0.05, 0.1) is 18.5 Å². The van der Waals surface area contributed by atoms with Crippen molar-refractivity contribution >= 4 is 6.09 Å². The number of rotatable bonds is 5. The van der Waals surface area contributed by atoms with E-state index in [1.807, 2.05) is 0 Å². The third-order valence-corrected chi connectivity index (χ3v) is 5.41. The third-order valence-electron chi connectivity index (χ3n) is 5.41. The summed E-state index contributed by atoms with van der Waals surface area (Å²) in [5.41, 5.74) is 4.50. The molecule has 144 valence electrons. The Balaban J connectivity index is 1.80. The van der Waals surface area contributed by atoms with Crippen molar-refractivity contribution in [3.63, 3.8) is 0 Å². The molecule has 1 amide bonds. The number of hydrogen-bond acceptors (Lipinski definition) is 5. The zero-order valence-corrected chi connectivity index (χ0v) is 14.9. The van der Waals surface area contributed by atoms with Gasteiger partial charge < -0.3 is 20.7 Å². The van der Waals surface area contributed by atoms with E-state index in [-0.39, 0.29) is 18.2 Å². The minimum atomic E-state index is -1.14. The van der Waals surface area contributed by atoms with E-state index in [9.17, 15) is 19.4 Å². The lowest BCUT2D eigenvalue weighted by Crippen LogP contribution is -2.42. The Bertz CT molecular complexity index is 802. The lowest BCUT2D eigenvalue weighted by atomic mass is 9.65. The molecule has 7 heteroatoms. The molecule has 0 radical (unpaired) electrons. The summed E-state index contributed by atoms with van der Waals surface area (Å²) in [5, 5.41) is 20.4. The van der Waals surface area contributed by atoms with Crippen LogP contribution in [0.2, 0.25) is 0 Å². The van der Waals surface area contributed by atoms with E-state index in [1.165, 1.54) is 18.3 Å². The van der Waals surface area contributed by atoms with Gasteiger partial charge in [-0.2, -0.15) is 0 Å². The molecule has 6 nitrogen and oxygen atoms in total. The third kappa shape index (κ3) is 4.36. The number of amides is 1. The number of carbonyl (C=O) groups is 1. The fourth-order valence-electron chi connectivity index (χ4n) is 3.75. The SMILES string of the molecule is NC(=O)OCC1(Cc2ccccc2F)CCC(O)(c2ccc(O)cn2)CC1. The molecule has 0 spiro atoms. The molecule has 2 aromatic rings. The lowest BCUT2D eigenvalue weighted by molar-refractivity contribution is -0.0576. The highest BCUT2D eigenvalue weighted by molar-refractivity contribution is 5.64. The Kier molecular flexibility index (Phi) is 5.32. The molecule has 27 heavy (non-hydrogen) atoms. The Morgan fingerprint density at radius 3 is 2.48 bits per heavy atom. The summed E-state index contributed by atoms with van der Waals surface area (Å²) in [5.74, 6) is -0.279. The van der Waals surface area contributed by atoms with Crippen molar-refractivity contribution in [2.24, 2.45) is 11.1 Å². The predicted molar refractivity (Wildman–Crippen MR) is 96.3 cm³/mol. The van der Waals surface area contributed by atoms with Gasteiger partial charge in [0.25, 0.3) is 0 Å². The molecule has 0 aliphatic heterocycles. The van der Waals surface area contributed by atoms with Crippen molar-refractivity contribution in [1.82, 2.24) is 4.98 Å². The van der Waals surface area contributed by atoms with Crippen LogP contribution in [0.3, 0.4) is 0 Å². The number of benzene rings is 1. The van der Waals surface area contributed by atoms with Crippen LogP contribution in [0.1, 0.15) is 36.9 Å². The zero-order valence-electron chi connectivity index (χ0n) is 14.9. The molecule has 0 atom stereocenters. The maximum Gasteiger partial charge on any atom is 0.404 e. The molecule has 0 unspecified atom stereocenters. The van der Waals surface area contributed by atoms with Gasteiger partial charge in [-0.3, -0.25) is 4.98 Å². The maximum atomic E-state index is 14.2. The first-order valence-corrected chi connectivity index (χ1v) is 8.86. The summed E-state index contributed by atoms with van der Waals surface area (Å²) in [6.45, 7) is 0.0652. The second-order valence-corrected chi connectivity index (χ2v) is 7.31. The topological polar surface area (TPSA) is 106 Å². The van der Waals surface area contributed by atoms with Gasteiger partial charge in [0.2, 0.25) is 0 Å². The standard InChI is InChI=1S/C20H23FN2O4/c21-16-4-2-1-3-14(16)11-19(13-27-18(22)25)7-9-20(26,10-8-19)17-6-5-15(24)12-23-17/h1-6,12,24,26H,7-11,13H2,(H2,22,25). The van der Waals surface area contributed by atoms with E-state index in [1.54, 1.807) is 24.3 Å². The first-order chi connectivity index (χ1) is 12.8. The first kappa shape index (κ1) is 19.1. The number of nitrogens with two attached hydrogens (primary N) is 1. The Labute approximate surface area is 156 Å². The molecule has 1 aromatic carbocycles. The second-order valence-electron chi connectivity index (χ2n) is 7.31. The Hall–Kier alpha value is -2.67. The van der Waals surface area contributed by atoms with Crippen LogP contribution < -0.4 is 5.73 Å². The predicted octanol–water partition coefficient (Wildman–Crippen LogP) is 3.01. The van der Waals surface area contributed by atoms with Crippen LogP contribution in [0.4, 0.5) is 9.18 Å². The summed E-state index contributed by atoms with van der Waals surface area (Å²) in [4.78, 5) is 15.3. The quantitative estimate of drug-likeness (QED) is 0.746. The van der Waals surface area contributed by atoms with Crippen molar-refractivity contribution in [3.05, 3.63) is 59.7 Å². The monoisotopic (exact) mass is 374 g/mol. The smallest absolute Gasteiger partial charge is 0.404 e. The average Bonchev–Trinajstić information content (AvgIpc) is 2.65. The number of aliphatic hydroxyl groups is 1. The highest BCUT2D eigenvalue weighted by Crippen LogP contribution is 2.47. The van der Waals surface area contributed by atoms with Gasteiger partial charge >= 0.3 is 6.09 Å². The van der Waals surface area contributed by atoms with E-state index in [2.05, 4.69) is 4.98 Å². The highest BCUT2D eigenvalue weighted by atomic mass is 19.1. The number of hydrogen-bond donors (Lipinski definition) is 3.